The quantitative estimate of drug-likeness (QED) is 0.890. The first-order valence-corrected chi connectivity index (χ1v) is 7.73. The molecule has 0 radical (unpaired) electrons. The van der Waals surface area contributed by atoms with E-state index in [9.17, 15) is 4.79 Å². The SMILES string of the molecule is Cc1nc(Nc2ccc(Cl)cc2C)cc(C(=O)NC(C)(C)C)n1. The van der Waals surface area contributed by atoms with Crippen molar-refractivity contribution in [2.45, 2.75) is 40.2 Å². The summed E-state index contributed by atoms with van der Waals surface area (Å²) in [5, 5.41) is 6.78. The first-order chi connectivity index (χ1) is 10.6. The minimum absolute atomic E-state index is 0.223. The molecule has 1 heterocycles. The smallest absolute Gasteiger partial charge is 0.270 e. The van der Waals surface area contributed by atoms with Crippen LogP contribution in [0.3, 0.4) is 0 Å². The number of aromatic nitrogens is 2. The van der Waals surface area contributed by atoms with Gasteiger partial charge in [-0.05, 0) is 58.4 Å². The lowest BCUT2D eigenvalue weighted by molar-refractivity contribution is 0.0914. The normalized spacial score (nSPS) is 11.2. The Morgan fingerprint density at radius 1 is 1.13 bits per heavy atom. The highest BCUT2D eigenvalue weighted by Gasteiger charge is 2.17. The molecule has 0 aliphatic heterocycles. The molecule has 0 atom stereocenters. The van der Waals surface area contributed by atoms with Gasteiger partial charge in [-0.15, -0.1) is 0 Å². The zero-order valence-electron chi connectivity index (χ0n) is 14.0. The van der Waals surface area contributed by atoms with Crippen LogP contribution < -0.4 is 10.6 Å². The Labute approximate surface area is 141 Å². The van der Waals surface area contributed by atoms with Crippen LogP contribution in [0.15, 0.2) is 24.3 Å². The second-order valence-corrected chi connectivity index (χ2v) is 6.91. The molecule has 1 aromatic carbocycles. The number of rotatable bonds is 3. The second-order valence-electron chi connectivity index (χ2n) is 6.47. The number of carbonyl (C=O) groups excluding carboxylic acids is 1. The molecule has 2 rings (SSSR count). The number of nitrogens with one attached hydrogen (secondary N) is 2. The van der Waals surface area contributed by atoms with E-state index in [0.717, 1.165) is 11.3 Å². The van der Waals surface area contributed by atoms with Crippen LogP contribution in [-0.2, 0) is 0 Å². The third kappa shape index (κ3) is 4.93. The summed E-state index contributed by atoms with van der Waals surface area (Å²) in [6, 6.07) is 7.19. The first-order valence-electron chi connectivity index (χ1n) is 7.35. The summed E-state index contributed by atoms with van der Waals surface area (Å²) in [5.41, 5.74) is 1.89. The number of halogens is 1. The lowest BCUT2D eigenvalue weighted by Crippen LogP contribution is -2.41. The summed E-state index contributed by atoms with van der Waals surface area (Å²) in [7, 11) is 0. The summed E-state index contributed by atoms with van der Waals surface area (Å²) in [4.78, 5) is 20.8. The average molecular weight is 333 g/mol. The number of benzene rings is 1. The Kier molecular flexibility index (Phi) is 4.90. The molecule has 0 bridgehead atoms. The van der Waals surface area contributed by atoms with Crippen LogP contribution in [-0.4, -0.2) is 21.4 Å². The zero-order valence-corrected chi connectivity index (χ0v) is 14.7. The van der Waals surface area contributed by atoms with Gasteiger partial charge < -0.3 is 10.6 Å². The van der Waals surface area contributed by atoms with Crippen molar-refractivity contribution in [1.82, 2.24) is 15.3 Å². The molecular formula is C17H21ClN4O. The van der Waals surface area contributed by atoms with Crippen molar-refractivity contribution in [3.8, 4) is 0 Å². The minimum Gasteiger partial charge on any atom is -0.346 e. The third-order valence-corrected chi connectivity index (χ3v) is 3.25. The van der Waals surface area contributed by atoms with E-state index in [1.165, 1.54) is 0 Å². The number of hydrogen-bond donors (Lipinski definition) is 2. The molecule has 0 fully saturated rings. The maximum atomic E-state index is 12.3. The number of nitrogens with zero attached hydrogens (tertiary/aromatic N) is 2. The summed E-state index contributed by atoms with van der Waals surface area (Å²) in [5.74, 6) is 0.876. The van der Waals surface area contributed by atoms with Crippen molar-refractivity contribution in [2.24, 2.45) is 0 Å². The molecule has 0 unspecified atom stereocenters. The molecule has 2 aromatic rings. The summed E-state index contributed by atoms with van der Waals surface area (Å²) in [6.45, 7) is 9.49. The van der Waals surface area contributed by atoms with Crippen molar-refractivity contribution in [1.29, 1.82) is 0 Å². The fourth-order valence-electron chi connectivity index (χ4n) is 2.06. The molecule has 122 valence electrons. The molecule has 0 aliphatic carbocycles. The Morgan fingerprint density at radius 2 is 1.83 bits per heavy atom. The van der Waals surface area contributed by atoms with E-state index in [1.54, 1.807) is 19.1 Å². The fraction of sp³-hybridized carbons (Fsp3) is 0.353. The maximum absolute atomic E-state index is 12.3. The van der Waals surface area contributed by atoms with E-state index in [-0.39, 0.29) is 11.4 Å². The number of amides is 1. The largest absolute Gasteiger partial charge is 0.346 e. The van der Waals surface area contributed by atoms with Crippen LogP contribution in [0.2, 0.25) is 5.02 Å². The predicted octanol–water partition coefficient (Wildman–Crippen LogP) is 4.02. The summed E-state index contributed by atoms with van der Waals surface area (Å²) >= 11 is 5.97. The average Bonchev–Trinajstić information content (AvgIpc) is 2.39. The molecule has 0 aliphatic rings. The van der Waals surface area contributed by atoms with E-state index >= 15 is 0 Å². The molecule has 23 heavy (non-hydrogen) atoms. The van der Waals surface area contributed by atoms with Crippen molar-refractivity contribution in [3.63, 3.8) is 0 Å². The van der Waals surface area contributed by atoms with Gasteiger partial charge in [-0.1, -0.05) is 11.6 Å². The van der Waals surface area contributed by atoms with Crippen molar-refractivity contribution >= 4 is 29.0 Å². The van der Waals surface area contributed by atoms with Crippen LogP contribution in [0.4, 0.5) is 11.5 Å². The monoisotopic (exact) mass is 332 g/mol. The molecular weight excluding hydrogens is 312 g/mol. The molecule has 1 amide bonds. The zero-order chi connectivity index (χ0) is 17.2. The van der Waals surface area contributed by atoms with Crippen LogP contribution in [0.25, 0.3) is 0 Å². The van der Waals surface area contributed by atoms with Gasteiger partial charge in [-0.25, -0.2) is 9.97 Å². The van der Waals surface area contributed by atoms with Gasteiger partial charge in [0.15, 0.2) is 0 Å². The van der Waals surface area contributed by atoms with Gasteiger partial charge in [0.05, 0.1) is 0 Å². The van der Waals surface area contributed by atoms with Gasteiger partial charge in [-0.2, -0.15) is 0 Å². The molecule has 0 spiro atoms. The Hall–Kier alpha value is -2.14. The number of anilines is 2. The van der Waals surface area contributed by atoms with Crippen LogP contribution in [0.5, 0.6) is 0 Å². The number of aryl methyl sites for hydroxylation is 2. The predicted molar refractivity (Wildman–Crippen MR) is 93.5 cm³/mol. The lowest BCUT2D eigenvalue weighted by atomic mass is 10.1. The van der Waals surface area contributed by atoms with E-state index < -0.39 is 0 Å². The highest BCUT2D eigenvalue weighted by atomic mass is 35.5. The first kappa shape index (κ1) is 17.2. The second kappa shape index (κ2) is 6.54. The van der Waals surface area contributed by atoms with E-state index in [0.29, 0.717) is 22.4 Å². The van der Waals surface area contributed by atoms with Crippen molar-refractivity contribution < 1.29 is 4.79 Å². The van der Waals surface area contributed by atoms with Gasteiger partial charge in [0.1, 0.15) is 17.3 Å². The number of carbonyl (C=O) groups is 1. The van der Waals surface area contributed by atoms with Crippen LogP contribution in [0, 0.1) is 13.8 Å². The van der Waals surface area contributed by atoms with Crippen LogP contribution >= 0.6 is 11.6 Å². The van der Waals surface area contributed by atoms with E-state index in [4.69, 9.17) is 11.6 Å². The van der Waals surface area contributed by atoms with Gasteiger partial charge in [-0.3, -0.25) is 4.79 Å². The topological polar surface area (TPSA) is 66.9 Å². The highest BCUT2D eigenvalue weighted by molar-refractivity contribution is 6.30. The summed E-state index contributed by atoms with van der Waals surface area (Å²) in [6.07, 6.45) is 0. The van der Waals surface area contributed by atoms with Gasteiger partial charge in [0.2, 0.25) is 0 Å². The number of hydrogen-bond acceptors (Lipinski definition) is 4. The fourth-order valence-corrected chi connectivity index (χ4v) is 2.28. The molecule has 1 aromatic heterocycles. The molecule has 2 N–H and O–H groups in total. The molecule has 6 heteroatoms. The third-order valence-electron chi connectivity index (χ3n) is 3.01. The van der Waals surface area contributed by atoms with Crippen molar-refractivity contribution in [2.75, 3.05) is 5.32 Å². The Morgan fingerprint density at radius 3 is 2.43 bits per heavy atom. The summed E-state index contributed by atoms with van der Waals surface area (Å²) < 4.78 is 0. The Balaban J connectivity index is 2.28. The highest BCUT2D eigenvalue weighted by Crippen LogP contribution is 2.23. The van der Waals surface area contributed by atoms with Crippen molar-refractivity contribution in [3.05, 3.63) is 46.4 Å². The standard InChI is InChI=1S/C17H21ClN4O/c1-10-8-12(18)6-7-13(10)21-15-9-14(19-11(2)20-15)16(23)22-17(3,4)5/h6-9H,1-5H3,(H,22,23)(H,19,20,21). The van der Waals surface area contributed by atoms with Gasteiger partial charge >= 0.3 is 0 Å². The molecule has 0 saturated carbocycles. The minimum atomic E-state index is -0.323. The maximum Gasteiger partial charge on any atom is 0.270 e. The van der Waals surface area contributed by atoms with Crippen LogP contribution in [0.1, 0.15) is 42.6 Å². The Bertz CT molecular complexity index is 738. The molecule has 5 nitrogen and oxygen atoms in total. The molecule has 0 saturated heterocycles. The van der Waals surface area contributed by atoms with E-state index in [2.05, 4.69) is 20.6 Å². The lowest BCUT2D eigenvalue weighted by Gasteiger charge is -2.20. The van der Waals surface area contributed by atoms with Gasteiger partial charge in [0.25, 0.3) is 5.91 Å². The van der Waals surface area contributed by atoms with Gasteiger partial charge in [0, 0.05) is 22.3 Å². The van der Waals surface area contributed by atoms with E-state index in [1.807, 2.05) is 39.8 Å².